The number of nitrogens with zero attached hydrogens (tertiary/aromatic N) is 2. The van der Waals surface area contributed by atoms with Crippen LogP contribution in [-0.2, 0) is 0 Å². The number of rotatable bonds is 1. The Morgan fingerprint density at radius 1 is 1.50 bits per heavy atom. The number of aromatic nitrogens is 2. The quantitative estimate of drug-likeness (QED) is 0.748. The minimum atomic E-state index is -0.348. The Morgan fingerprint density at radius 3 is 2.94 bits per heavy atom. The molecule has 16 heavy (non-hydrogen) atoms. The fourth-order valence-electron chi connectivity index (χ4n) is 1.15. The molecule has 1 heterocycles. The second-order valence-corrected chi connectivity index (χ2v) is 3.47. The number of phenols is 1. The van der Waals surface area contributed by atoms with E-state index in [1.54, 1.807) is 6.07 Å². The topological polar surface area (TPSA) is 67.2 Å². The van der Waals surface area contributed by atoms with Crippen molar-refractivity contribution in [1.29, 1.82) is 0 Å². The van der Waals surface area contributed by atoms with Crippen LogP contribution in [0.25, 0.3) is 0 Å². The van der Waals surface area contributed by atoms with Gasteiger partial charge in [0.15, 0.2) is 0 Å². The van der Waals surface area contributed by atoms with Crippen molar-refractivity contribution >= 4 is 23.3 Å². The zero-order valence-electron chi connectivity index (χ0n) is 8.09. The molecule has 6 heteroatoms. The molecule has 0 fully saturated rings. The van der Waals surface area contributed by atoms with Crippen LogP contribution in [0.5, 0.6) is 5.75 Å². The highest BCUT2D eigenvalue weighted by molar-refractivity contribution is 6.32. The Bertz CT molecular complexity index is 511. The molecule has 0 aliphatic heterocycles. The standard InChI is InChI=1S/C10H8ClN3O2/c11-8-5-7(1-2-9(8)15)13-10(16)14-4-3-12-6-14/h1-6,15H,(H,13,16). The van der Waals surface area contributed by atoms with Gasteiger partial charge in [-0.3, -0.25) is 4.57 Å². The van der Waals surface area contributed by atoms with Crippen molar-refractivity contribution in [3.63, 3.8) is 0 Å². The number of phenolic OH excluding ortho intramolecular Hbond substituents is 1. The highest BCUT2D eigenvalue weighted by atomic mass is 35.5. The van der Waals surface area contributed by atoms with E-state index >= 15 is 0 Å². The van der Waals surface area contributed by atoms with Crippen LogP contribution in [0.3, 0.4) is 0 Å². The van der Waals surface area contributed by atoms with Gasteiger partial charge in [-0.05, 0) is 18.2 Å². The fourth-order valence-corrected chi connectivity index (χ4v) is 1.33. The summed E-state index contributed by atoms with van der Waals surface area (Å²) in [4.78, 5) is 15.3. The first kappa shape index (κ1) is 10.5. The van der Waals surface area contributed by atoms with Gasteiger partial charge < -0.3 is 10.4 Å². The SMILES string of the molecule is O=C(Nc1ccc(O)c(Cl)c1)n1ccnc1. The Labute approximate surface area is 96.3 Å². The van der Waals surface area contributed by atoms with Crippen molar-refractivity contribution in [2.75, 3.05) is 5.32 Å². The molecule has 0 spiro atoms. The third kappa shape index (κ3) is 2.14. The van der Waals surface area contributed by atoms with Gasteiger partial charge in [0.2, 0.25) is 0 Å². The summed E-state index contributed by atoms with van der Waals surface area (Å²) >= 11 is 5.70. The normalized spacial score (nSPS) is 10.1. The van der Waals surface area contributed by atoms with Gasteiger partial charge in [-0.1, -0.05) is 11.6 Å². The molecule has 0 aliphatic rings. The van der Waals surface area contributed by atoms with Gasteiger partial charge in [-0.2, -0.15) is 0 Å². The summed E-state index contributed by atoms with van der Waals surface area (Å²) in [6, 6.07) is 4.08. The number of amides is 1. The number of hydrogen-bond acceptors (Lipinski definition) is 3. The van der Waals surface area contributed by atoms with Crippen LogP contribution < -0.4 is 5.32 Å². The Morgan fingerprint density at radius 2 is 2.31 bits per heavy atom. The molecule has 82 valence electrons. The lowest BCUT2D eigenvalue weighted by molar-refractivity contribution is 0.253. The van der Waals surface area contributed by atoms with Crippen LogP contribution in [-0.4, -0.2) is 20.7 Å². The van der Waals surface area contributed by atoms with Crippen molar-refractivity contribution < 1.29 is 9.90 Å². The molecule has 0 radical (unpaired) electrons. The summed E-state index contributed by atoms with van der Waals surface area (Å²) < 4.78 is 1.29. The van der Waals surface area contributed by atoms with E-state index in [-0.39, 0.29) is 16.8 Å². The maximum atomic E-state index is 11.6. The third-order valence-corrected chi connectivity index (χ3v) is 2.24. The second kappa shape index (κ2) is 4.24. The molecule has 0 atom stereocenters. The molecule has 0 saturated carbocycles. The van der Waals surface area contributed by atoms with Crippen molar-refractivity contribution in [1.82, 2.24) is 9.55 Å². The monoisotopic (exact) mass is 237 g/mol. The molecular formula is C10H8ClN3O2. The highest BCUT2D eigenvalue weighted by Gasteiger charge is 2.05. The third-order valence-electron chi connectivity index (χ3n) is 1.94. The highest BCUT2D eigenvalue weighted by Crippen LogP contribution is 2.25. The summed E-state index contributed by atoms with van der Waals surface area (Å²) in [5.41, 5.74) is 0.501. The predicted molar refractivity (Wildman–Crippen MR) is 59.8 cm³/mol. The molecule has 2 aromatic rings. The minimum absolute atomic E-state index is 0.0257. The number of benzene rings is 1. The van der Waals surface area contributed by atoms with Crippen LogP contribution in [0, 0.1) is 0 Å². The molecule has 1 amide bonds. The first-order valence-electron chi connectivity index (χ1n) is 4.44. The average molecular weight is 238 g/mol. The molecule has 2 N–H and O–H groups in total. The van der Waals surface area contributed by atoms with Gasteiger partial charge in [0.1, 0.15) is 12.1 Å². The first-order valence-corrected chi connectivity index (χ1v) is 4.82. The maximum Gasteiger partial charge on any atom is 0.331 e. The summed E-state index contributed by atoms with van der Waals surface area (Å²) in [6.45, 7) is 0. The fraction of sp³-hybridized carbons (Fsp3) is 0. The Kier molecular flexibility index (Phi) is 2.78. The number of halogens is 1. The van der Waals surface area contributed by atoms with Gasteiger partial charge >= 0.3 is 6.03 Å². The molecule has 1 aromatic carbocycles. The molecule has 0 bridgehead atoms. The molecule has 1 aromatic heterocycles. The Balaban J connectivity index is 2.15. The second-order valence-electron chi connectivity index (χ2n) is 3.07. The van der Waals surface area contributed by atoms with Crippen molar-refractivity contribution in [3.8, 4) is 5.75 Å². The predicted octanol–water partition coefficient (Wildman–Crippen LogP) is 2.32. The lowest BCUT2D eigenvalue weighted by Gasteiger charge is -2.06. The summed E-state index contributed by atoms with van der Waals surface area (Å²) in [5.74, 6) is -0.0257. The van der Waals surface area contributed by atoms with Gasteiger partial charge in [0.25, 0.3) is 0 Å². The lowest BCUT2D eigenvalue weighted by atomic mass is 10.3. The molecule has 0 unspecified atom stereocenters. The van der Waals surface area contributed by atoms with Crippen molar-refractivity contribution in [2.24, 2.45) is 0 Å². The number of anilines is 1. The Hall–Kier alpha value is -2.01. The summed E-state index contributed by atoms with van der Waals surface area (Å²) in [5, 5.41) is 12.0. The van der Waals surface area contributed by atoms with Gasteiger partial charge in [0.05, 0.1) is 5.02 Å². The van der Waals surface area contributed by atoms with Crippen molar-refractivity contribution in [3.05, 3.63) is 41.9 Å². The number of carbonyl (C=O) groups excluding carboxylic acids is 1. The number of aromatic hydroxyl groups is 1. The van der Waals surface area contributed by atoms with Gasteiger partial charge in [-0.25, -0.2) is 9.78 Å². The van der Waals surface area contributed by atoms with E-state index in [1.165, 1.54) is 35.4 Å². The van der Waals surface area contributed by atoms with E-state index in [2.05, 4.69) is 10.3 Å². The molecule has 2 rings (SSSR count). The number of imidazole rings is 1. The molecule has 0 saturated heterocycles. The van der Waals surface area contributed by atoms with Crippen LogP contribution in [0.4, 0.5) is 10.5 Å². The largest absolute Gasteiger partial charge is 0.506 e. The smallest absolute Gasteiger partial charge is 0.331 e. The van der Waals surface area contributed by atoms with Crippen LogP contribution in [0.15, 0.2) is 36.9 Å². The van der Waals surface area contributed by atoms with E-state index in [4.69, 9.17) is 11.6 Å². The van der Waals surface area contributed by atoms with Crippen LogP contribution in [0.2, 0.25) is 5.02 Å². The molecule has 0 aliphatic carbocycles. The van der Waals surface area contributed by atoms with E-state index < -0.39 is 0 Å². The summed E-state index contributed by atoms with van der Waals surface area (Å²) in [6.07, 6.45) is 4.41. The zero-order chi connectivity index (χ0) is 11.5. The maximum absolute atomic E-state index is 11.6. The van der Waals surface area contributed by atoms with E-state index in [9.17, 15) is 9.90 Å². The molecular weight excluding hydrogens is 230 g/mol. The van der Waals surface area contributed by atoms with Crippen LogP contribution in [0.1, 0.15) is 0 Å². The van der Waals surface area contributed by atoms with Gasteiger partial charge in [0, 0.05) is 18.1 Å². The van der Waals surface area contributed by atoms with E-state index in [1.807, 2.05) is 0 Å². The number of nitrogens with one attached hydrogen (secondary N) is 1. The van der Waals surface area contributed by atoms with Gasteiger partial charge in [-0.15, -0.1) is 0 Å². The van der Waals surface area contributed by atoms with E-state index in [0.717, 1.165) is 0 Å². The summed E-state index contributed by atoms with van der Waals surface area (Å²) in [7, 11) is 0. The first-order chi connectivity index (χ1) is 7.66. The van der Waals surface area contributed by atoms with E-state index in [0.29, 0.717) is 5.69 Å². The van der Waals surface area contributed by atoms with Crippen LogP contribution >= 0.6 is 11.6 Å². The number of carbonyl (C=O) groups is 1. The average Bonchev–Trinajstić information content (AvgIpc) is 2.77. The van der Waals surface area contributed by atoms with Crippen molar-refractivity contribution in [2.45, 2.75) is 0 Å². The zero-order valence-corrected chi connectivity index (χ0v) is 8.85. The lowest BCUT2D eigenvalue weighted by Crippen LogP contribution is -2.17. The number of hydrogen-bond donors (Lipinski definition) is 2. The molecule has 5 nitrogen and oxygen atoms in total. The minimum Gasteiger partial charge on any atom is -0.506 e.